The molecule has 1 aliphatic rings. The monoisotopic (exact) mass is 408 g/mol. The topological polar surface area (TPSA) is 90.5 Å². The number of nitrogens with zero attached hydrogens (tertiary/aromatic N) is 1. The fourth-order valence-electron chi connectivity index (χ4n) is 2.76. The molecule has 0 spiro atoms. The van der Waals surface area contributed by atoms with Crippen LogP contribution in [-0.4, -0.2) is 32.2 Å². The van der Waals surface area contributed by atoms with Crippen LogP contribution in [0.2, 0.25) is 0 Å². The second-order valence-corrected chi connectivity index (χ2v) is 8.26. The second-order valence-electron chi connectivity index (χ2n) is 5.94. The third-order valence-corrected chi connectivity index (χ3v) is 5.39. The molecule has 0 fully saturated rings. The summed E-state index contributed by atoms with van der Waals surface area (Å²) in [5, 5.41) is 2.66. The third-order valence-electron chi connectivity index (χ3n) is 4.01. The number of nitrogens with one attached hydrogen (secondary N) is 3. The molecule has 3 N–H and O–H groups in total. The SMILES string of the molecule is CS(=O)(=O)N1CCc2cc(C(=O)NNC(=S)Nc3ccccc3F)ccc21. The van der Waals surface area contributed by atoms with Crippen LogP contribution in [0.3, 0.4) is 0 Å². The average molecular weight is 408 g/mol. The van der Waals surface area contributed by atoms with E-state index < -0.39 is 21.7 Å². The number of fused-ring (bicyclic) bond motifs is 1. The molecule has 0 aromatic heterocycles. The molecule has 1 amide bonds. The lowest BCUT2D eigenvalue weighted by atomic mass is 10.1. The Balaban J connectivity index is 1.62. The van der Waals surface area contributed by atoms with Gasteiger partial charge in [0.15, 0.2) is 5.11 Å². The Labute approximate surface area is 161 Å². The maximum atomic E-state index is 13.6. The van der Waals surface area contributed by atoms with Crippen LogP contribution in [0.5, 0.6) is 0 Å². The van der Waals surface area contributed by atoms with Gasteiger partial charge in [0, 0.05) is 12.1 Å². The molecule has 0 unspecified atom stereocenters. The van der Waals surface area contributed by atoms with Crippen molar-refractivity contribution in [2.45, 2.75) is 6.42 Å². The molecule has 1 aliphatic heterocycles. The number of benzene rings is 2. The van der Waals surface area contributed by atoms with E-state index in [2.05, 4.69) is 16.2 Å². The van der Waals surface area contributed by atoms with Crippen molar-refractivity contribution in [1.82, 2.24) is 10.9 Å². The lowest BCUT2D eigenvalue weighted by molar-refractivity contribution is 0.0944. The first-order valence-corrected chi connectivity index (χ1v) is 10.2. The van der Waals surface area contributed by atoms with Crippen LogP contribution < -0.4 is 20.5 Å². The van der Waals surface area contributed by atoms with Crippen LogP contribution in [0.4, 0.5) is 15.8 Å². The van der Waals surface area contributed by atoms with Gasteiger partial charge in [-0.3, -0.25) is 20.0 Å². The van der Waals surface area contributed by atoms with Crippen LogP contribution in [0, 0.1) is 5.82 Å². The van der Waals surface area contributed by atoms with Gasteiger partial charge in [-0.15, -0.1) is 0 Å². The number of amides is 1. The van der Waals surface area contributed by atoms with Crippen LogP contribution in [0.1, 0.15) is 15.9 Å². The first-order chi connectivity index (χ1) is 12.8. The van der Waals surface area contributed by atoms with E-state index in [0.717, 1.165) is 11.8 Å². The second kappa shape index (κ2) is 7.49. The fourth-order valence-corrected chi connectivity index (χ4v) is 3.88. The van der Waals surface area contributed by atoms with Crippen LogP contribution in [0.15, 0.2) is 42.5 Å². The maximum Gasteiger partial charge on any atom is 0.269 e. The minimum atomic E-state index is -3.34. The number of carbonyl (C=O) groups excluding carboxylic acids is 1. The molecule has 0 saturated heterocycles. The largest absolute Gasteiger partial charge is 0.329 e. The highest BCUT2D eigenvalue weighted by molar-refractivity contribution is 7.92. The first kappa shape index (κ1) is 19.1. The first-order valence-electron chi connectivity index (χ1n) is 7.98. The van der Waals surface area contributed by atoms with Gasteiger partial charge in [-0.25, -0.2) is 12.8 Å². The van der Waals surface area contributed by atoms with E-state index in [9.17, 15) is 17.6 Å². The average Bonchev–Trinajstić information content (AvgIpc) is 3.05. The molecule has 142 valence electrons. The van der Waals surface area contributed by atoms with E-state index in [0.29, 0.717) is 24.2 Å². The Kier molecular flexibility index (Phi) is 5.29. The number of thiocarbonyl (C=S) groups is 1. The number of para-hydroxylation sites is 1. The van der Waals surface area contributed by atoms with Crippen LogP contribution in [0.25, 0.3) is 0 Å². The van der Waals surface area contributed by atoms with Crippen molar-refractivity contribution < 1.29 is 17.6 Å². The molecule has 0 atom stereocenters. The van der Waals surface area contributed by atoms with Gasteiger partial charge >= 0.3 is 0 Å². The molecule has 0 radical (unpaired) electrons. The van der Waals surface area contributed by atoms with Gasteiger partial charge < -0.3 is 5.32 Å². The number of anilines is 2. The summed E-state index contributed by atoms with van der Waals surface area (Å²) in [6, 6.07) is 10.8. The molecule has 3 rings (SSSR count). The van der Waals surface area contributed by atoms with Crippen molar-refractivity contribution in [2.24, 2.45) is 0 Å². The summed E-state index contributed by atoms with van der Waals surface area (Å²) in [5.74, 6) is -0.921. The summed E-state index contributed by atoms with van der Waals surface area (Å²) >= 11 is 5.02. The molecule has 0 saturated carbocycles. The van der Waals surface area contributed by atoms with Gasteiger partial charge in [0.1, 0.15) is 5.82 Å². The number of hydrogen-bond donors (Lipinski definition) is 3. The van der Waals surface area contributed by atoms with Crippen molar-refractivity contribution in [3.8, 4) is 0 Å². The van der Waals surface area contributed by atoms with Crippen molar-refractivity contribution in [2.75, 3.05) is 22.4 Å². The van der Waals surface area contributed by atoms with Gasteiger partial charge in [0.05, 0.1) is 17.6 Å². The number of halogens is 1. The van der Waals surface area contributed by atoms with E-state index in [4.69, 9.17) is 12.2 Å². The molecular weight excluding hydrogens is 391 g/mol. The standard InChI is InChI=1S/C17H17FN4O3S2/c1-27(24,25)22-9-8-11-10-12(6-7-15(11)22)16(23)20-21-17(26)19-14-5-3-2-4-13(14)18/h2-7,10H,8-9H2,1H3,(H,20,23)(H2,19,21,26). The Morgan fingerprint density at radius 1 is 1.19 bits per heavy atom. The molecule has 10 heteroatoms. The molecule has 0 aliphatic carbocycles. The Morgan fingerprint density at radius 2 is 1.93 bits per heavy atom. The summed E-state index contributed by atoms with van der Waals surface area (Å²) in [7, 11) is -3.34. The summed E-state index contributed by atoms with van der Waals surface area (Å²) in [4.78, 5) is 12.3. The minimum absolute atomic E-state index is 0.0258. The Bertz CT molecular complexity index is 1010. The molecule has 7 nitrogen and oxygen atoms in total. The molecule has 2 aromatic carbocycles. The van der Waals surface area contributed by atoms with E-state index in [1.54, 1.807) is 24.3 Å². The highest BCUT2D eigenvalue weighted by Gasteiger charge is 2.26. The third kappa shape index (κ3) is 4.34. The number of rotatable bonds is 3. The van der Waals surface area contributed by atoms with Crippen LogP contribution in [-0.2, 0) is 16.4 Å². The van der Waals surface area contributed by atoms with Crippen molar-refractivity contribution in [3.63, 3.8) is 0 Å². The van der Waals surface area contributed by atoms with Gasteiger partial charge in [-0.2, -0.15) is 0 Å². The van der Waals surface area contributed by atoms with Gasteiger partial charge in [-0.1, -0.05) is 12.1 Å². The number of hydrogen-bond acceptors (Lipinski definition) is 4. The van der Waals surface area contributed by atoms with Crippen molar-refractivity contribution in [1.29, 1.82) is 0 Å². The molecule has 27 heavy (non-hydrogen) atoms. The predicted octanol–water partition coefficient (Wildman–Crippen LogP) is 1.78. The quantitative estimate of drug-likeness (QED) is 0.530. The number of hydrazine groups is 1. The van der Waals surface area contributed by atoms with Crippen molar-refractivity contribution >= 4 is 44.6 Å². The predicted molar refractivity (Wildman–Crippen MR) is 106 cm³/mol. The van der Waals surface area contributed by atoms with E-state index in [1.807, 2.05) is 0 Å². The van der Waals surface area contributed by atoms with Gasteiger partial charge in [0.2, 0.25) is 10.0 Å². The highest BCUT2D eigenvalue weighted by atomic mass is 32.2. The number of sulfonamides is 1. The molecule has 1 heterocycles. The van der Waals surface area contributed by atoms with Crippen LogP contribution >= 0.6 is 12.2 Å². The Morgan fingerprint density at radius 3 is 2.63 bits per heavy atom. The smallest absolute Gasteiger partial charge is 0.269 e. The van der Waals surface area contributed by atoms with Crippen molar-refractivity contribution in [3.05, 3.63) is 59.4 Å². The zero-order valence-corrected chi connectivity index (χ0v) is 16.0. The normalized spacial score (nSPS) is 13.0. The summed E-state index contributed by atoms with van der Waals surface area (Å²) in [5.41, 5.74) is 6.82. The molecule has 0 bridgehead atoms. The van der Waals surface area contributed by atoms with E-state index in [1.165, 1.54) is 22.5 Å². The van der Waals surface area contributed by atoms with Gasteiger partial charge in [0.25, 0.3) is 5.91 Å². The number of carbonyl (C=O) groups is 1. The molecule has 2 aromatic rings. The van der Waals surface area contributed by atoms with E-state index >= 15 is 0 Å². The minimum Gasteiger partial charge on any atom is -0.329 e. The van der Waals surface area contributed by atoms with E-state index in [-0.39, 0.29) is 10.8 Å². The molecular formula is C17H17FN4O3S2. The lowest BCUT2D eigenvalue weighted by Gasteiger charge is -2.16. The Hall–Kier alpha value is -2.72. The fraction of sp³-hybridized carbons (Fsp3) is 0.176. The summed E-state index contributed by atoms with van der Waals surface area (Å²) in [6.07, 6.45) is 1.68. The van der Waals surface area contributed by atoms with Gasteiger partial charge in [-0.05, 0) is 54.5 Å². The summed E-state index contributed by atoms with van der Waals surface area (Å²) < 4.78 is 38.4. The maximum absolute atomic E-state index is 13.6. The zero-order chi connectivity index (χ0) is 19.6. The highest BCUT2D eigenvalue weighted by Crippen LogP contribution is 2.30. The lowest BCUT2D eigenvalue weighted by Crippen LogP contribution is -2.43. The zero-order valence-electron chi connectivity index (χ0n) is 14.3. The summed E-state index contributed by atoms with van der Waals surface area (Å²) in [6.45, 7) is 0.355.